The first-order chi connectivity index (χ1) is 19.9. The van der Waals surface area contributed by atoms with Gasteiger partial charge in [0.1, 0.15) is 17.4 Å². The number of halogens is 3. The van der Waals surface area contributed by atoms with Gasteiger partial charge in [-0.25, -0.2) is 19.3 Å². The van der Waals surface area contributed by atoms with E-state index in [0.29, 0.717) is 65.7 Å². The lowest BCUT2D eigenvalue weighted by Gasteiger charge is -2.35. The van der Waals surface area contributed by atoms with Gasteiger partial charge in [0.15, 0.2) is 0 Å². The van der Waals surface area contributed by atoms with Crippen LogP contribution in [-0.2, 0) is 11.3 Å². The fourth-order valence-corrected chi connectivity index (χ4v) is 6.89. The van der Waals surface area contributed by atoms with Gasteiger partial charge in [0.05, 0.1) is 29.5 Å². The quantitative estimate of drug-likeness (QED) is 0.354. The van der Waals surface area contributed by atoms with Gasteiger partial charge in [0.25, 0.3) is 0 Å². The molecule has 7 rings (SSSR count). The third-order valence-corrected chi connectivity index (χ3v) is 8.63. The van der Waals surface area contributed by atoms with Gasteiger partial charge in [-0.15, -0.1) is 0 Å². The Hall–Kier alpha value is -4.19. The molecule has 0 amide bonds. The third-order valence-electron chi connectivity index (χ3n) is 8.63. The molecule has 2 aromatic carbocycles. The van der Waals surface area contributed by atoms with E-state index in [1.165, 1.54) is 12.1 Å². The predicted octanol–water partition coefficient (Wildman–Crippen LogP) is 4.47. The fourth-order valence-electron chi connectivity index (χ4n) is 6.89. The highest BCUT2D eigenvalue weighted by molar-refractivity contribution is 5.83. The van der Waals surface area contributed by atoms with Gasteiger partial charge in [0.2, 0.25) is 5.95 Å². The van der Waals surface area contributed by atoms with Crippen LogP contribution in [-0.4, -0.2) is 56.8 Å². The smallest absolute Gasteiger partial charge is 0.387 e. The van der Waals surface area contributed by atoms with Crippen LogP contribution < -0.4 is 15.0 Å². The topological polar surface area (TPSA) is 105 Å². The summed E-state index contributed by atoms with van der Waals surface area (Å²) in [5.74, 6) is -0.149. The number of nitrogens with one attached hydrogen (secondary N) is 1. The molecule has 9 nitrogen and oxygen atoms in total. The number of rotatable bonds is 6. The van der Waals surface area contributed by atoms with Crippen molar-refractivity contribution in [2.24, 2.45) is 17.8 Å². The van der Waals surface area contributed by atoms with E-state index in [-0.39, 0.29) is 23.5 Å². The lowest BCUT2D eigenvalue weighted by atomic mass is 9.85. The molecule has 3 aliphatic rings. The second-order valence-corrected chi connectivity index (χ2v) is 10.9. The number of hydrogen-bond acceptors (Lipinski definition) is 7. The zero-order valence-electron chi connectivity index (χ0n) is 21.9. The van der Waals surface area contributed by atoms with E-state index in [1.54, 1.807) is 36.7 Å². The van der Waals surface area contributed by atoms with Crippen LogP contribution in [0.25, 0.3) is 22.2 Å². The summed E-state index contributed by atoms with van der Waals surface area (Å²) in [7, 11) is 0. The van der Waals surface area contributed by atoms with Crippen LogP contribution in [0.5, 0.6) is 5.75 Å². The lowest BCUT2D eigenvalue weighted by molar-refractivity contribution is -0.144. The summed E-state index contributed by atoms with van der Waals surface area (Å²) >= 11 is 0. The predicted molar refractivity (Wildman–Crippen MR) is 143 cm³/mol. The minimum Gasteiger partial charge on any atom is -0.481 e. The number of piperidine rings is 1. The number of fused-ring (bicyclic) bond motifs is 5. The number of aliphatic carboxylic acids is 1. The summed E-state index contributed by atoms with van der Waals surface area (Å²) < 4.78 is 48.4. The molecular formula is C29H27F3N6O3. The number of imidazole rings is 1. The number of para-hydroxylation sites is 1. The number of nitrogens with zero attached hydrogens (tertiary/aromatic N) is 5. The molecule has 2 aliphatic heterocycles. The molecule has 0 spiro atoms. The van der Waals surface area contributed by atoms with Crippen molar-refractivity contribution >= 4 is 23.0 Å². The van der Waals surface area contributed by atoms with Gasteiger partial charge in [-0.1, -0.05) is 18.2 Å². The minimum atomic E-state index is -2.96. The van der Waals surface area contributed by atoms with Crippen molar-refractivity contribution in [3.63, 3.8) is 0 Å². The number of ether oxygens (including phenoxy) is 1. The van der Waals surface area contributed by atoms with Crippen LogP contribution in [0.1, 0.15) is 30.3 Å². The highest BCUT2D eigenvalue weighted by Gasteiger charge is 2.46. The van der Waals surface area contributed by atoms with E-state index in [2.05, 4.69) is 20.3 Å². The average molecular weight is 565 g/mol. The van der Waals surface area contributed by atoms with Gasteiger partial charge in [-0.3, -0.25) is 4.79 Å². The maximum absolute atomic E-state index is 15.4. The zero-order valence-corrected chi connectivity index (χ0v) is 21.9. The summed E-state index contributed by atoms with van der Waals surface area (Å²) in [5, 5.41) is 12.9. The molecular weight excluding hydrogens is 537 g/mol. The molecule has 0 radical (unpaired) electrons. The number of hydrogen-bond donors (Lipinski definition) is 2. The van der Waals surface area contributed by atoms with E-state index in [4.69, 9.17) is 4.74 Å². The maximum atomic E-state index is 15.4. The Kier molecular flexibility index (Phi) is 6.29. The molecule has 4 heterocycles. The summed E-state index contributed by atoms with van der Waals surface area (Å²) in [6, 6.07) is 9.33. The van der Waals surface area contributed by atoms with Crippen LogP contribution in [0.2, 0.25) is 0 Å². The number of aromatic nitrogens is 4. The largest absolute Gasteiger partial charge is 0.481 e. The SMILES string of the molecule is O=C(O)C1C2CCC1CN(c1ncc(-c3cc4c(cc3F)nc3n4C(c4ccccc4OC(F)F)CNC3)cn1)C2. The van der Waals surface area contributed by atoms with Crippen LogP contribution in [0.15, 0.2) is 48.8 Å². The van der Waals surface area contributed by atoms with Gasteiger partial charge >= 0.3 is 12.6 Å². The normalized spacial score (nSPS) is 23.7. The first-order valence-electron chi connectivity index (χ1n) is 13.6. The molecule has 1 saturated carbocycles. The molecule has 2 fully saturated rings. The maximum Gasteiger partial charge on any atom is 0.387 e. The summed E-state index contributed by atoms with van der Waals surface area (Å²) in [6.45, 7) is -0.900. The van der Waals surface area contributed by atoms with Gasteiger partial charge < -0.3 is 24.6 Å². The Bertz CT molecular complexity index is 1610. The Morgan fingerprint density at radius 1 is 1.10 bits per heavy atom. The highest BCUT2D eigenvalue weighted by atomic mass is 19.3. The van der Waals surface area contributed by atoms with E-state index in [9.17, 15) is 18.7 Å². The summed E-state index contributed by atoms with van der Waals surface area (Å²) in [4.78, 5) is 27.4. The number of alkyl halides is 2. The molecule has 212 valence electrons. The molecule has 3 unspecified atom stereocenters. The molecule has 12 heteroatoms. The van der Waals surface area contributed by atoms with Gasteiger partial charge in [-0.05, 0) is 36.8 Å². The molecule has 4 aromatic rings. The second kappa shape index (κ2) is 10.0. The fraction of sp³-hybridized carbons (Fsp3) is 0.379. The Labute approximate surface area is 233 Å². The van der Waals surface area contributed by atoms with Gasteiger partial charge in [-0.2, -0.15) is 8.78 Å². The standard InChI is InChI=1S/C29H27F3N6O3/c30-20-8-21-22(38-23(11-33-12-25(38)36-21)18-3-1-2-4-24(18)41-28(31)32)7-19(20)17-9-34-29(35-10-17)37-13-15-5-6-16(14-37)26(15)27(39)40/h1-4,7-10,15-16,23,26,28,33H,5-6,11-14H2,(H,39,40). The van der Waals surface area contributed by atoms with Crippen molar-refractivity contribution < 1.29 is 27.8 Å². The van der Waals surface area contributed by atoms with E-state index < -0.39 is 24.4 Å². The number of benzene rings is 2. The molecule has 1 saturated heterocycles. The molecule has 2 bridgehead atoms. The van der Waals surface area contributed by atoms with Crippen molar-refractivity contribution in [2.45, 2.75) is 32.0 Å². The molecule has 3 atom stereocenters. The number of anilines is 1. The second-order valence-electron chi connectivity index (χ2n) is 10.9. The van der Waals surface area contributed by atoms with Crippen LogP contribution in [0.4, 0.5) is 19.1 Å². The third kappa shape index (κ3) is 4.46. The number of carboxylic acids is 1. The lowest BCUT2D eigenvalue weighted by Crippen LogP contribution is -2.45. The molecule has 1 aliphatic carbocycles. The Morgan fingerprint density at radius 2 is 1.83 bits per heavy atom. The first-order valence-corrected chi connectivity index (χ1v) is 13.6. The minimum absolute atomic E-state index is 0.0704. The summed E-state index contributed by atoms with van der Waals surface area (Å²) in [6.07, 6.45) is 4.92. The zero-order chi connectivity index (χ0) is 28.2. The van der Waals surface area contributed by atoms with E-state index >= 15 is 4.39 Å². The van der Waals surface area contributed by atoms with Crippen LogP contribution in [0, 0.1) is 23.6 Å². The van der Waals surface area contributed by atoms with E-state index in [0.717, 1.165) is 12.8 Å². The molecule has 2 aromatic heterocycles. The first kappa shape index (κ1) is 25.8. The van der Waals surface area contributed by atoms with Gasteiger partial charge in [0, 0.05) is 54.8 Å². The monoisotopic (exact) mass is 564 g/mol. The number of carbonyl (C=O) groups is 1. The number of carboxylic acid groups (broad SMARTS) is 1. The van der Waals surface area contributed by atoms with Crippen molar-refractivity contribution in [3.8, 4) is 16.9 Å². The Morgan fingerprint density at radius 3 is 2.54 bits per heavy atom. The van der Waals surface area contributed by atoms with Crippen LogP contribution >= 0.6 is 0 Å². The molecule has 2 N–H and O–H groups in total. The van der Waals surface area contributed by atoms with Crippen molar-refractivity contribution in [2.75, 3.05) is 24.5 Å². The Balaban J connectivity index is 1.22. The van der Waals surface area contributed by atoms with Crippen molar-refractivity contribution in [1.82, 2.24) is 24.8 Å². The molecule has 41 heavy (non-hydrogen) atoms. The summed E-state index contributed by atoms with van der Waals surface area (Å²) in [5.41, 5.74) is 2.47. The van der Waals surface area contributed by atoms with Crippen LogP contribution in [0.3, 0.4) is 0 Å². The highest BCUT2D eigenvalue weighted by Crippen LogP contribution is 2.43. The van der Waals surface area contributed by atoms with E-state index in [1.807, 2.05) is 9.47 Å². The van der Waals surface area contributed by atoms with Crippen molar-refractivity contribution in [1.29, 1.82) is 0 Å². The van der Waals surface area contributed by atoms with Crippen molar-refractivity contribution in [3.05, 3.63) is 66.0 Å². The average Bonchev–Trinajstić information content (AvgIpc) is 3.46.